The van der Waals surface area contributed by atoms with Crippen molar-refractivity contribution in [3.63, 3.8) is 0 Å². The summed E-state index contributed by atoms with van der Waals surface area (Å²) in [7, 11) is 0. The average molecular weight is 242 g/mol. The minimum absolute atomic E-state index is 0.244. The summed E-state index contributed by atoms with van der Waals surface area (Å²) in [6, 6.07) is 0. The molecule has 1 aliphatic rings. The molecule has 0 heterocycles. The maximum Gasteiger partial charge on any atom is 0.302 e. The molecule has 100 valence electrons. The van der Waals surface area contributed by atoms with Gasteiger partial charge in [-0.05, 0) is 39.5 Å². The highest BCUT2D eigenvalue weighted by Gasteiger charge is 2.28. The largest absolute Gasteiger partial charge is 0.463 e. The third-order valence-electron chi connectivity index (χ3n) is 3.44. The standard InChI is InChI=1S/C14H26O3/c1-11(13-8-6-5-7-9-13)17-14(3,4)10-16-12(2)15/h11,13H,5-10H2,1-4H3. The van der Waals surface area contributed by atoms with Crippen molar-refractivity contribution in [1.82, 2.24) is 0 Å². The number of hydrogen-bond donors (Lipinski definition) is 0. The van der Waals surface area contributed by atoms with Crippen LogP contribution in [0.25, 0.3) is 0 Å². The van der Waals surface area contributed by atoms with Gasteiger partial charge in [0, 0.05) is 6.92 Å². The molecule has 1 rings (SSSR count). The maximum absolute atomic E-state index is 10.8. The van der Waals surface area contributed by atoms with E-state index in [0.717, 1.165) is 0 Å². The van der Waals surface area contributed by atoms with E-state index < -0.39 is 0 Å². The molecule has 1 aliphatic carbocycles. The van der Waals surface area contributed by atoms with Crippen LogP contribution in [0.15, 0.2) is 0 Å². The second-order valence-electron chi connectivity index (χ2n) is 5.76. The zero-order valence-electron chi connectivity index (χ0n) is 11.6. The van der Waals surface area contributed by atoms with Crippen molar-refractivity contribution < 1.29 is 14.3 Å². The Bertz CT molecular complexity index is 242. The first-order valence-corrected chi connectivity index (χ1v) is 6.72. The lowest BCUT2D eigenvalue weighted by Crippen LogP contribution is -2.38. The molecule has 0 N–H and O–H groups in total. The van der Waals surface area contributed by atoms with E-state index in [1.807, 2.05) is 13.8 Å². The number of hydrogen-bond acceptors (Lipinski definition) is 3. The summed E-state index contributed by atoms with van der Waals surface area (Å²) >= 11 is 0. The lowest BCUT2D eigenvalue weighted by atomic mass is 9.85. The SMILES string of the molecule is CC(=O)OCC(C)(C)OC(C)C1CCCCC1. The Morgan fingerprint density at radius 3 is 2.41 bits per heavy atom. The predicted octanol–water partition coefficient (Wildman–Crippen LogP) is 3.31. The smallest absolute Gasteiger partial charge is 0.302 e. The second-order valence-corrected chi connectivity index (χ2v) is 5.76. The van der Waals surface area contributed by atoms with Crippen LogP contribution in [-0.4, -0.2) is 24.3 Å². The van der Waals surface area contributed by atoms with Gasteiger partial charge in [0.25, 0.3) is 0 Å². The van der Waals surface area contributed by atoms with Crippen molar-refractivity contribution in [2.75, 3.05) is 6.61 Å². The van der Waals surface area contributed by atoms with Crippen molar-refractivity contribution in [2.24, 2.45) is 5.92 Å². The first-order valence-electron chi connectivity index (χ1n) is 6.72. The lowest BCUT2D eigenvalue weighted by Gasteiger charge is -2.34. The fraction of sp³-hybridized carbons (Fsp3) is 0.929. The molecule has 0 amide bonds. The molecule has 0 aromatic heterocycles. The predicted molar refractivity (Wildman–Crippen MR) is 67.8 cm³/mol. The molecule has 0 aromatic carbocycles. The molecule has 0 bridgehead atoms. The molecule has 0 aliphatic heterocycles. The topological polar surface area (TPSA) is 35.5 Å². The number of carbonyl (C=O) groups is 1. The average Bonchev–Trinajstić information content (AvgIpc) is 2.27. The van der Waals surface area contributed by atoms with Crippen LogP contribution < -0.4 is 0 Å². The van der Waals surface area contributed by atoms with Gasteiger partial charge in [-0.15, -0.1) is 0 Å². The van der Waals surface area contributed by atoms with E-state index in [0.29, 0.717) is 12.5 Å². The number of carbonyl (C=O) groups excluding carboxylic acids is 1. The van der Waals surface area contributed by atoms with E-state index in [9.17, 15) is 4.79 Å². The normalized spacial score (nSPS) is 20.0. The van der Waals surface area contributed by atoms with Gasteiger partial charge in [0.2, 0.25) is 0 Å². The highest BCUT2D eigenvalue weighted by Crippen LogP contribution is 2.30. The van der Waals surface area contributed by atoms with Crippen molar-refractivity contribution in [3.8, 4) is 0 Å². The zero-order valence-corrected chi connectivity index (χ0v) is 11.6. The quantitative estimate of drug-likeness (QED) is 0.694. The van der Waals surface area contributed by atoms with Gasteiger partial charge >= 0.3 is 5.97 Å². The Morgan fingerprint density at radius 2 is 1.88 bits per heavy atom. The molecule has 0 spiro atoms. The number of esters is 1. The highest BCUT2D eigenvalue weighted by molar-refractivity contribution is 5.65. The summed E-state index contributed by atoms with van der Waals surface area (Å²) in [6.07, 6.45) is 6.79. The van der Waals surface area contributed by atoms with E-state index >= 15 is 0 Å². The molecule has 3 heteroatoms. The second kappa shape index (κ2) is 6.39. The summed E-state index contributed by atoms with van der Waals surface area (Å²) in [5.41, 5.74) is -0.386. The van der Waals surface area contributed by atoms with E-state index in [2.05, 4.69) is 6.92 Å². The van der Waals surface area contributed by atoms with Crippen LogP contribution in [0.1, 0.15) is 59.8 Å². The molecule has 1 saturated carbocycles. The Balaban J connectivity index is 2.36. The molecule has 0 radical (unpaired) electrons. The molecule has 0 saturated heterocycles. The van der Waals surface area contributed by atoms with Gasteiger partial charge in [0.15, 0.2) is 0 Å². The molecule has 1 unspecified atom stereocenters. The Labute approximate surface area is 105 Å². The van der Waals surface area contributed by atoms with E-state index in [1.54, 1.807) is 0 Å². The van der Waals surface area contributed by atoms with Gasteiger partial charge in [0.1, 0.15) is 6.61 Å². The van der Waals surface area contributed by atoms with E-state index in [-0.39, 0.29) is 17.7 Å². The molecule has 1 fully saturated rings. The monoisotopic (exact) mass is 242 g/mol. The third kappa shape index (κ3) is 5.53. The molecule has 17 heavy (non-hydrogen) atoms. The van der Waals surface area contributed by atoms with Crippen LogP contribution in [0.5, 0.6) is 0 Å². The summed E-state index contributed by atoms with van der Waals surface area (Å²) in [5, 5.41) is 0. The van der Waals surface area contributed by atoms with E-state index in [4.69, 9.17) is 9.47 Å². The molecule has 0 aromatic rings. The fourth-order valence-corrected chi connectivity index (χ4v) is 2.51. The summed E-state index contributed by atoms with van der Waals surface area (Å²) in [5.74, 6) is 0.423. The van der Waals surface area contributed by atoms with Crippen molar-refractivity contribution in [3.05, 3.63) is 0 Å². The highest BCUT2D eigenvalue weighted by atomic mass is 16.6. The molecular formula is C14H26O3. The minimum Gasteiger partial charge on any atom is -0.463 e. The fourth-order valence-electron chi connectivity index (χ4n) is 2.51. The van der Waals surface area contributed by atoms with Crippen LogP contribution >= 0.6 is 0 Å². The summed E-state index contributed by atoms with van der Waals surface area (Å²) in [4.78, 5) is 10.8. The maximum atomic E-state index is 10.8. The van der Waals surface area contributed by atoms with Crippen molar-refractivity contribution >= 4 is 5.97 Å². The third-order valence-corrected chi connectivity index (χ3v) is 3.44. The van der Waals surface area contributed by atoms with Gasteiger partial charge in [0.05, 0.1) is 11.7 Å². The van der Waals surface area contributed by atoms with Gasteiger partial charge in [-0.2, -0.15) is 0 Å². The number of rotatable bonds is 5. The van der Waals surface area contributed by atoms with Crippen LogP contribution in [0.2, 0.25) is 0 Å². The first kappa shape index (κ1) is 14.5. The Morgan fingerprint density at radius 1 is 1.29 bits per heavy atom. The van der Waals surface area contributed by atoms with Crippen LogP contribution in [0, 0.1) is 5.92 Å². The molecule has 1 atom stereocenters. The van der Waals surface area contributed by atoms with E-state index in [1.165, 1.54) is 39.0 Å². The summed E-state index contributed by atoms with van der Waals surface area (Å²) in [6.45, 7) is 7.87. The minimum atomic E-state index is -0.386. The van der Waals surface area contributed by atoms with Crippen LogP contribution in [0.3, 0.4) is 0 Å². The van der Waals surface area contributed by atoms with Crippen molar-refractivity contribution in [1.29, 1.82) is 0 Å². The molecule has 3 nitrogen and oxygen atoms in total. The first-order chi connectivity index (χ1) is 7.91. The van der Waals surface area contributed by atoms with Gasteiger partial charge < -0.3 is 9.47 Å². The Kier molecular flexibility index (Phi) is 5.44. The van der Waals surface area contributed by atoms with Gasteiger partial charge in [-0.3, -0.25) is 4.79 Å². The molecular weight excluding hydrogens is 216 g/mol. The van der Waals surface area contributed by atoms with Crippen LogP contribution in [-0.2, 0) is 14.3 Å². The van der Waals surface area contributed by atoms with Gasteiger partial charge in [-0.25, -0.2) is 0 Å². The number of ether oxygens (including phenoxy) is 2. The lowest BCUT2D eigenvalue weighted by molar-refractivity contribution is -0.158. The zero-order chi connectivity index (χ0) is 12.9. The summed E-state index contributed by atoms with van der Waals surface area (Å²) < 4.78 is 11.1. The van der Waals surface area contributed by atoms with Crippen molar-refractivity contribution in [2.45, 2.75) is 71.5 Å². The van der Waals surface area contributed by atoms with Crippen LogP contribution in [0.4, 0.5) is 0 Å². The Hall–Kier alpha value is -0.570. The van der Waals surface area contributed by atoms with Gasteiger partial charge in [-0.1, -0.05) is 19.3 Å².